The second-order valence-electron chi connectivity index (χ2n) is 8.70. The number of amides is 1. The fraction of sp³-hybridized carbons (Fsp3) is 0.684. The number of fused-ring (bicyclic) bond motifs is 3. The van der Waals surface area contributed by atoms with Crippen LogP contribution < -0.4 is 15.4 Å². The summed E-state index contributed by atoms with van der Waals surface area (Å²) in [6.45, 7) is 6.98. The molecule has 0 aliphatic carbocycles. The van der Waals surface area contributed by atoms with Crippen LogP contribution in [0.5, 0.6) is 5.75 Å². The molecule has 3 aliphatic rings. The van der Waals surface area contributed by atoms with Crippen LogP contribution in [0.25, 0.3) is 0 Å². The minimum atomic E-state index is -0.530. The molecule has 2 bridgehead atoms. The molecule has 0 spiro atoms. The molecule has 3 atom stereocenters. The van der Waals surface area contributed by atoms with E-state index in [2.05, 4.69) is 4.98 Å². The van der Waals surface area contributed by atoms with Crippen LogP contribution in [0, 0.1) is 5.82 Å². The molecule has 8 heteroatoms. The van der Waals surface area contributed by atoms with Gasteiger partial charge >= 0.3 is 6.09 Å². The number of piperazine rings is 1. The van der Waals surface area contributed by atoms with Crippen LogP contribution in [-0.2, 0) is 11.2 Å². The Morgan fingerprint density at radius 2 is 2.00 bits per heavy atom. The molecule has 4 rings (SSSR count). The molecular weight excluding hydrogens is 351 g/mol. The quantitative estimate of drug-likeness (QED) is 0.806. The summed E-state index contributed by atoms with van der Waals surface area (Å²) >= 11 is 0. The van der Waals surface area contributed by atoms with Gasteiger partial charge in [-0.1, -0.05) is 0 Å². The number of carbonyl (C=O) groups is 1. The summed E-state index contributed by atoms with van der Waals surface area (Å²) in [5.74, 6) is 0.137. The number of ether oxygens (including phenoxy) is 2. The maximum absolute atomic E-state index is 15.0. The zero-order valence-electron chi connectivity index (χ0n) is 16.1. The first-order valence-corrected chi connectivity index (χ1v) is 9.55. The van der Waals surface area contributed by atoms with E-state index in [1.54, 1.807) is 6.20 Å². The fourth-order valence-corrected chi connectivity index (χ4v) is 4.24. The van der Waals surface area contributed by atoms with Crippen molar-refractivity contribution in [3.05, 3.63) is 17.6 Å². The molecule has 2 fully saturated rings. The maximum Gasteiger partial charge on any atom is 0.410 e. The summed E-state index contributed by atoms with van der Waals surface area (Å²) in [5, 5.41) is 0. The van der Waals surface area contributed by atoms with Crippen LogP contribution in [0.3, 0.4) is 0 Å². The van der Waals surface area contributed by atoms with Crippen LogP contribution in [0.15, 0.2) is 6.20 Å². The molecule has 2 unspecified atom stereocenters. The molecule has 1 aromatic heterocycles. The summed E-state index contributed by atoms with van der Waals surface area (Å²) in [7, 11) is 0. The van der Waals surface area contributed by atoms with E-state index in [9.17, 15) is 4.79 Å². The summed E-state index contributed by atoms with van der Waals surface area (Å²) in [5.41, 5.74) is 6.06. The number of carbonyl (C=O) groups excluding carboxylic acids is 1. The van der Waals surface area contributed by atoms with E-state index in [1.165, 1.54) is 0 Å². The fourth-order valence-electron chi connectivity index (χ4n) is 4.24. The zero-order valence-corrected chi connectivity index (χ0v) is 16.1. The number of halogens is 1. The van der Waals surface area contributed by atoms with Gasteiger partial charge in [-0.15, -0.1) is 0 Å². The lowest BCUT2D eigenvalue weighted by atomic mass is 10.0. The predicted molar refractivity (Wildman–Crippen MR) is 98.5 cm³/mol. The Morgan fingerprint density at radius 3 is 2.63 bits per heavy atom. The van der Waals surface area contributed by atoms with E-state index in [4.69, 9.17) is 15.2 Å². The molecule has 7 nitrogen and oxygen atoms in total. The number of rotatable bonds is 1. The number of aromatic nitrogens is 1. The third-order valence-electron chi connectivity index (χ3n) is 5.34. The average molecular weight is 378 g/mol. The summed E-state index contributed by atoms with van der Waals surface area (Å²) in [4.78, 5) is 20.7. The Bertz CT molecular complexity index is 737. The lowest BCUT2D eigenvalue weighted by Gasteiger charge is -2.42. The number of nitrogens with two attached hydrogens (primary N) is 1. The lowest BCUT2D eigenvalue weighted by molar-refractivity contribution is 0.0122. The molecule has 2 saturated heterocycles. The van der Waals surface area contributed by atoms with Crippen molar-refractivity contribution in [1.82, 2.24) is 9.88 Å². The van der Waals surface area contributed by atoms with Crippen molar-refractivity contribution in [3.63, 3.8) is 0 Å². The van der Waals surface area contributed by atoms with Gasteiger partial charge in [-0.3, -0.25) is 4.90 Å². The second kappa shape index (κ2) is 6.51. The van der Waals surface area contributed by atoms with Gasteiger partial charge in [-0.25, -0.2) is 9.78 Å². The van der Waals surface area contributed by atoms with Crippen molar-refractivity contribution in [2.45, 2.75) is 63.8 Å². The largest absolute Gasteiger partial charge is 0.488 e. The van der Waals surface area contributed by atoms with E-state index >= 15 is 4.39 Å². The Hall–Kier alpha value is -2.09. The van der Waals surface area contributed by atoms with E-state index in [0.717, 1.165) is 12.8 Å². The molecule has 148 valence electrons. The van der Waals surface area contributed by atoms with Crippen LogP contribution >= 0.6 is 0 Å². The lowest BCUT2D eigenvalue weighted by Crippen LogP contribution is -2.57. The first kappa shape index (κ1) is 18.3. The van der Waals surface area contributed by atoms with Crippen molar-refractivity contribution in [2.75, 3.05) is 24.6 Å². The molecule has 3 aliphatic heterocycles. The summed E-state index contributed by atoms with van der Waals surface area (Å²) in [6, 6.07) is -0.117. The highest BCUT2D eigenvalue weighted by Gasteiger charge is 2.45. The van der Waals surface area contributed by atoms with Gasteiger partial charge in [0.2, 0.25) is 5.82 Å². The van der Waals surface area contributed by atoms with Crippen LogP contribution in [-0.4, -0.2) is 59.4 Å². The number of hydrogen-bond donors (Lipinski definition) is 1. The van der Waals surface area contributed by atoms with Gasteiger partial charge < -0.3 is 20.1 Å². The topological polar surface area (TPSA) is 80.9 Å². The first-order chi connectivity index (χ1) is 12.7. The van der Waals surface area contributed by atoms with E-state index in [-0.39, 0.29) is 30.0 Å². The number of pyridine rings is 1. The van der Waals surface area contributed by atoms with Crippen molar-refractivity contribution in [2.24, 2.45) is 5.73 Å². The molecule has 0 radical (unpaired) electrons. The van der Waals surface area contributed by atoms with Gasteiger partial charge in [0, 0.05) is 30.9 Å². The van der Waals surface area contributed by atoms with E-state index < -0.39 is 11.4 Å². The van der Waals surface area contributed by atoms with Crippen LogP contribution in [0.2, 0.25) is 0 Å². The Balaban J connectivity index is 1.53. The molecular formula is C19H27FN4O3. The SMILES string of the molecule is CC(C)(C)OC(=O)N1C2CCC1CN(c1ncc3c(c1F)OC[C@H](N)C3)C2. The summed E-state index contributed by atoms with van der Waals surface area (Å²) in [6.07, 6.45) is 3.72. The Labute approximate surface area is 158 Å². The second-order valence-corrected chi connectivity index (χ2v) is 8.70. The van der Waals surface area contributed by atoms with Crippen LogP contribution in [0.4, 0.5) is 15.0 Å². The van der Waals surface area contributed by atoms with Crippen molar-refractivity contribution in [1.29, 1.82) is 0 Å². The van der Waals surface area contributed by atoms with Gasteiger partial charge in [0.15, 0.2) is 11.6 Å². The maximum atomic E-state index is 15.0. The van der Waals surface area contributed by atoms with Crippen molar-refractivity contribution >= 4 is 11.9 Å². The molecule has 0 saturated carbocycles. The highest BCUT2D eigenvalue weighted by atomic mass is 19.1. The summed E-state index contributed by atoms with van der Waals surface area (Å²) < 4.78 is 26.1. The van der Waals surface area contributed by atoms with Gasteiger partial charge in [-0.2, -0.15) is 4.39 Å². The van der Waals surface area contributed by atoms with Crippen molar-refractivity contribution in [3.8, 4) is 5.75 Å². The van der Waals surface area contributed by atoms with Crippen LogP contribution in [0.1, 0.15) is 39.2 Å². The molecule has 4 heterocycles. The number of anilines is 1. The van der Waals surface area contributed by atoms with E-state index in [0.29, 0.717) is 37.5 Å². The highest BCUT2D eigenvalue weighted by Crippen LogP contribution is 2.37. The standard InChI is InChI=1S/C19H27FN4O3/c1-19(2,3)27-18(25)24-13-4-5-14(24)9-23(8-13)17-15(20)16-11(7-22-17)6-12(21)10-26-16/h7,12-14H,4-6,8-10,21H2,1-3H3/t12-,13?,14?/m1/s1. The Kier molecular flexibility index (Phi) is 4.41. The first-order valence-electron chi connectivity index (χ1n) is 9.55. The van der Waals surface area contributed by atoms with E-state index in [1.807, 2.05) is 30.6 Å². The average Bonchev–Trinajstić information content (AvgIpc) is 2.84. The molecule has 2 N–H and O–H groups in total. The molecule has 27 heavy (non-hydrogen) atoms. The molecule has 1 amide bonds. The number of hydrogen-bond acceptors (Lipinski definition) is 6. The highest BCUT2D eigenvalue weighted by molar-refractivity contribution is 5.70. The normalized spacial score (nSPS) is 27.2. The van der Waals surface area contributed by atoms with Gasteiger partial charge in [0.25, 0.3) is 0 Å². The minimum absolute atomic E-state index is 0.00479. The van der Waals surface area contributed by atoms with Crippen molar-refractivity contribution < 1.29 is 18.7 Å². The molecule has 0 aromatic carbocycles. The molecule has 1 aromatic rings. The zero-order chi connectivity index (χ0) is 19.3. The Morgan fingerprint density at radius 1 is 1.33 bits per heavy atom. The van der Waals surface area contributed by atoms with Gasteiger partial charge in [0.05, 0.1) is 12.1 Å². The third-order valence-corrected chi connectivity index (χ3v) is 5.34. The smallest absolute Gasteiger partial charge is 0.410 e. The van der Waals surface area contributed by atoms with Gasteiger partial charge in [0.1, 0.15) is 12.2 Å². The third kappa shape index (κ3) is 3.42. The van der Waals surface area contributed by atoms with Gasteiger partial charge in [-0.05, 0) is 40.0 Å². The monoisotopic (exact) mass is 378 g/mol. The number of nitrogens with zero attached hydrogens (tertiary/aromatic N) is 3. The predicted octanol–water partition coefficient (Wildman–Crippen LogP) is 2.07. The minimum Gasteiger partial charge on any atom is -0.488 e.